The predicted molar refractivity (Wildman–Crippen MR) is 95.0 cm³/mol. The number of amides is 1. The minimum Gasteiger partial charge on any atom is -0.393 e. The van der Waals surface area contributed by atoms with E-state index in [1.807, 2.05) is 12.2 Å². The Morgan fingerprint density at radius 1 is 1.26 bits per heavy atom. The van der Waals surface area contributed by atoms with Crippen LogP contribution in [0.4, 0.5) is 0 Å². The molecule has 0 heterocycles. The number of hydrogen-bond acceptors (Lipinski definition) is 2. The number of benzene rings is 1. The lowest BCUT2D eigenvalue weighted by Crippen LogP contribution is -2.27. The van der Waals surface area contributed by atoms with Crippen LogP contribution in [0.3, 0.4) is 0 Å². The first kappa shape index (κ1) is 17.7. The van der Waals surface area contributed by atoms with Crippen LogP contribution in [0.15, 0.2) is 30.3 Å². The third-order valence-corrected chi connectivity index (χ3v) is 4.63. The van der Waals surface area contributed by atoms with Crippen molar-refractivity contribution in [2.24, 2.45) is 5.92 Å². The van der Waals surface area contributed by atoms with Crippen LogP contribution in [0.25, 0.3) is 6.08 Å². The third kappa shape index (κ3) is 6.57. The first-order chi connectivity index (χ1) is 11.1. The van der Waals surface area contributed by atoms with Crippen molar-refractivity contribution in [2.75, 3.05) is 6.54 Å². The zero-order valence-corrected chi connectivity index (χ0v) is 14.1. The highest BCUT2D eigenvalue weighted by Crippen LogP contribution is 2.27. The quantitative estimate of drug-likeness (QED) is 0.751. The van der Waals surface area contributed by atoms with Gasteiger partial charge in [0.25, 0.3) is 0 Å². The van der Waals surface area contributed by atoms with Gasteiger partial charge in [-0.3, -0.25) is 4.79 Å². The average molecular weight is 315 g/mol. The second-order valence-electron chi connectivity index (χ2n) is 6.62. The van der Waals surface area contributed by atoms with Crippen molar-refractivity contribution < 1.29 is 9.90 Å². The summed E-state index contributed by atoms with van der Waals surface area (Å²) in [5, 5.41) is 12.9. The van der Waals surface area contributed by atoms with Gasteiger partial charge in [0, 0.05) is 13.0 Å². The van der Waals surface area contributed by atoms with Crippen molar-refractivity contribution in [1.82, 2.24) is 5.32 Å². The normalized spacial score (nSPS) is 21.5. The standard InChI is InChI=1S/C20H29NO2/c1-16-11-13-17(14-12-16)6-4-10-20(23)21-15-5-8-18-7-2-3-9-19(18)22/h4,6,11-14,18-19,22H,2-3,5,7-10,15H2,1H3,(H,21,23)/b6-4+. The summed E-state index contributed by atoms with van der Waals surface area (Å²) in [7, 11) is 0. The molecular formula is C20H29NO2. The largest absolute Gasteiger partial charge is 0.393 e. The second kappa shape index (κ2) is 9.51. The van der Waals surface area contributed by atoms with E-state index < -0.39 is 0 Å². The summed E-state index contributed by atoms with van der Waals surface area (Å²) in [4.78, 5) is 11.8. The van der Waals surface area contributed by atoms with E-state index in [0.29, 0.717) is 18.9 Å². The van der Waals surface area contributed by atoms with Crippen molar-refractivity contribution >= 4 is 12.0 Å². The minimum atomic E-state index is -0.128. The molecular weight excluding hydrogens is 286 g/mol. The molecule has 2 atom stereocenters. The highest BCUT2D eigenvalue weighted by atomic mass is 16.3. The highest BCUT2D eigenvalue weighted by molar-refractivity contribution is 5.78. The van der Waals surface area contributed by atoms with Gasteiger partial charge in [-0.15, -0.1) is 0 Å². The molecule has 2 unspecified atom stereocenters. The number of aliphatic hydroxyl groups excluding tert-OH is 1. The molecule has 126 valence electrons. The highest BCUT2D eigenvalue weighted by Gasteiger charge is 2.22. The Labute approximate surface area is 139 Å². The van der Waals surface area contributed by atoms with Gasteiger partial charge in [0.2, 0.25) is 5.91 Å². The van der Waals surface area contributed by atoms with Gasteiger partial charge in [-0.25, -0.2) is 0 Å². The fourth-order valence-corrected chi connectivity index (χ4v) is 3.17. The van der Waals surface area contributed by atoms with Crippen LogP contribution in [0.1, 0.15) is 56.1 Å². The molecule has 0 bridgehead atoms. The molecule has 0 saturated heterocycles. The molecule has 1 amide bonds. The number of nitrogens with one attached hydrogen (secondary N) is 1. The van der Waals surface area contributed by atoms with Gasteiger partial charge in [0.05, 0.1) is 6.10 Å². The number of carbonyl (C=O) groups excluding carboxylic acids is 1. The van der Waals surface area contributed by atoms with E-state index in [4.69, 9.17) is 0 Å². The Kier molecular flexibility index (Phi) is 7.34. The first-order valence-corrected chi connectivity index (χ1v) is 8.83. The molecule has 2 N–H and O–H groups in total. The lowest BCUT2D eigenvalue weighted by molar-refractivity contribution is -0.120. The Morgan fingerprint density at radius 3 is 2.74 bits per heavy atom. The van der Waals surface area contributed by atoms with Crippen LogP contribution in [0, 0.1) is 12.8 Å². The van der Waals surface area contributed by atoms with Crippen LogP contribution >= 0.6 is 0 Å². The van der Waals surface area contributed by atoms with Crippen LogP contribution in [0.2, 0.25) is 0 Å². The fraction of sp³-hybridized carbons (Fsp3) is 0.550. The summed E-state index contributed by atoms with van der Waals surface area (Å²) in [6.45, 7) is 2.77. The molecule has 1 saturated carbocycles. The molecule has 0 radical (unpaired) electrons. The molecule has 1 aliphatic carbocycles. The monoisotopic (exact) mass is 315 g/mol. The van der Waals surface area contributed by atoms with Crippen LogP contribution in [-0.4, -0.2) is 23.7 Å². The topological polar surface area (TPSA) is 49.3 Å². The van der Waals surface area contributed by atoms with E-state index in [9.17, 15) is 9.90 Å². The van der Waals surface area contributed by atoms with Crippen LogP contribution < -0.4 is 5.32 Å². The molecule has 3 heteroatoms. The summed E-state index contributed by atoms with van der Waals surface area (Å²) in [6.07, 6.45) is 10.6. The minimum absolute atomic E-state index is 0.0672. The number of carbonyl (C=O) groups is 1. The molecule has 1 fully saturated rings. The van der Waals surface area contributed by atoms with Crippen molar-refractivity contribution in [2.45, 2.75) is 58.0 Å². The summed E-state index contributed by atoms with van der Waals surface area (Å²) in [6, 6.07) is 8.25. The first-order valence-electron chi connectivity index (χ1n) is 8.83. The maximum atomic E-state index is 11.8. The van der Waals surface area contributed by atoms with Gasteiger partial charge in [-0.05, 0) is 44.1 Å². The summed E-state index contributed by atoms with van der Waals surface area (Å²) >= 11 is 0. The van der Waals surface area contributed by atoms with Gasteiger partial charge in [0.15, 0.2) is 0 Å². The van der Waals surface area contributed by atoms with Crippen LogP contribution in [0.5, 0.6) is 0 Å². The number of rotatable bonds is 7. The zero-order valence-electron chi connectivity index (χ0n) is 14.1. The molecule has 1 aromatic carbocycles. The fourth-order valence-electron chi connectivity index (χ4n) is 3.17. The van der Waals surface area contributed by atoms with Gasteiger partial charge >= 0.3 is 0 Å². The number of aliphatic hydroxyl groups is 1. The van der Waals surface area contributed by atoms with E-state index in [1.54, 1.807) is 0 Å². The molecule has 1 aromatic rings. The Balaban J connectivity index is 1.58. The third-order valence-electron chi connectivity index (χ3n) is 4.63. The molecule has 0 spiro atoms. The molecule has 0 aromatic heterocycles. The zero-order chi connectivity index (χ0) is 16.5. The van der Waals surface area contributed by atoms with E-state index in [0.717, 1.165) is 37.7 Å². The Morgan fingerprint density at radius 2 is 2.00 bits per heavy atom. The van der Waals surface area contributed by atoms with E-state index in [-0.39, 0.29) is 12.0 Å². The van der Waals surface area contributed by atoms with Crippen molar-refractivity contribution in [3.05, 3.63) is 41.5 Å². The predicted octanol–water partition coefficient (Wildman–Crippen LogP) is 3.85. The van der Waals surface area contributed by atoms with E-state index in [1.165, 1.54) is 12.0 Å². The Bertz CT molecular complexity index is 507. The molecule has 0 aliphatic heterocycles. The van der Waals surface area contributed by atoms with Gasteiger partial charge in [0.1, 0.15) is 0 Å². The van der Waals surface area contributed by atoms with Gasteiger partial charge in [-0.1, -0.05) is 54.8 Å². The molecule has 2 rings (SSSR count). The lowest BCUT2D eigenvalue weighted by atomic mass is 9.83. The summed E-state index contributed by atoms with van der Waals surface area (Å²) in [5.74, 6) is 0.500. The van der Waals surface area contributed by atoms with Crippen molar-refractivity contribution in [3.63, 3.8) is 0 Å². The second-order valence-corrected chi connectivity index (χ2v) is 6.62. The maximum Gasteiger partial charge on any atom is 0.223 e. The van der Waals surface area contributed by atoms with Gasteiger partial charge < -0.3 is 10.4 Å². The summed E-state index contributed by atoms with van der Waals surface area (Å²) < 4.78 is 0. The van der Waals surface area contributed by atoms with Gasteiger partial charge in [-0.2, -0.15) is 0 Å². The SMILES string of the molecule is Cc1ccc(/C=C/CC(=O)NCCCC2CCCCC2O)cc1. The van der Waals surface area contributed by atoms with E-state index in [2.05, 4.69) is 36.5 Å². The smallest absolute Gasteiger partial charge is 0.223 e. The molecule has 1 aliphatic rings. The maximum absolute atomic E-state index is 11.8. The lowest BCUT2D eigenvalue weighted by Gasteiger charge is -2.27. The summed E-state index contributed by atoms with van der Waals surface area (Å²) in [5.41, 5.74) is 2.36. The van der Waals surface area contributed by atoms with Crippen molar-refractivity contribution in [3.8, 4) is 0 Å². The number of aryl methyl sites for hydroxylation is 1. The molecule has 23 heavy (non-hydrogen) atoms. The molecule has 3 nitrogen and oxygen atoms in total. The van der Waals surface area contributed by atoms with Crippen molar-refractivity contribution in [1.29, 1.82) is 0 Å². The Hall–Kier alpha value is -1.61. The number of hydrogen-bond donors (Lipinski definition) is 2. The average Bonchev–Trinajstić information content (AvgIpc) is 2.55. The van der Waals surface area contributed by atoms with E-state index >= 15 is 0 Å². The van der Waals surface area contributed by atoms with Crippen LogP contribution in [-0.2, 0) is 4.79 Å².